The zero-order valence-electron chi connectivity index (χ0n) is 9.21. The van der Waals surface area contributed by atoms with E-state index < -0.39 is 4.92 Å². The van der Waals surface area contributed by atoms with Crippen molar-refractivity contribution in [2.24, 2.45) is 0 Å². The molecule has 0 unspecified atom stereocenters. The maximum absolute atomic E-state index is 11.7. The Hall–Kier alpha value is -1.98. The summed E-state index contributed by atoms with van der Waals surface area (Å²) in [6.07, 6.45) is 2.09. The van der Waals surface area contributed by atoms with Gasteiger partial charge in [0.05, 0.1) is 5.56 Å². The van der Waals surface area contributed by atoms with E-state index in [1.165, 1.54) is 18.3 Å². The molecule has 86 valence electrons. The van der Waals surface area contributed by atoms with Gasteiger partial charge in [0, 0.05) is 19.7 Å². The van der Waals surface area contributed by atoms with Crippen molar-refractivity contribution in [3.05, 3.63) is 34.0 Å². The predicted molar refractivity (Wildman–Crippen MR) is 58.1 cm³/mol. The molecule has 0 bridgehead atoms. The van der Waals surface area contributed by atoms with Gasteiger partial charge >= 0.3 is 5.82 Å². The number of carbonyl (C=O) groups excluding carboxylic acids is 1. The van der Waals surface area contributed by atoms with Crippen molar-refractivity contribution in [3.63, 3.8) is 0 Å². The Morgan fingerprint density at radius 1 is 1.56 bits per heavy atom. The molecule has 1 heterocycles. The summed E-state index contributed by atoms with van der Waals surface area (Å²) in [5.74, 6) is -0.432. The van der Waals surface area contributed by atoms with Gasteiger partial charge in [-0.1, -0.05) is 6.92 Å². The maximum Gasteiger partial charge on any atom is 0.363 e. The van der Waals surface area contributed by atoms with Crippen LogP contribution in [0, 0.1) is 10.1 Å². The molecule has 0 N–H and O–H groups in total. The van der Waals surface area contributed by atoms with Crippen LogP contribution in [0.1, 0.15) is 23.7 Å². The molecule has 0 aliphatic heterocycles. The first-order chi connectivity index (χ1) is 7.56. The van der Waals surface area contributed by atoms with Gasteiger partial charge in [-0.15, -0.1) is 0 Å². The van der Waals surface area contributed by atoms with Crippen molar-refractivity contribution < 1.29 is 9.72 Å². The number of rotatable bonds is 4. The largest absolute Gasteiger partial charge is 0.363 e. The summed E-state index contributed by atoms with van der Waals surface area (Å²) in [6, 6.07) is 2.65. The van der Waals surface area contributed by atoms with Crippen molar-refractivity contribution in [1.82, 2.24) is 9.88 Å². The van der Waals surface area contributed by atoms with Gasteiger partial charge in [0.25, 0.3) is 5.91 Å². The molecule has 6 heteroatoms. The Morgan fingerprint density at radius 2 is 2.25 bits per heavy atom. The SMILES string of the molecule is CCCN(C)C(=O)c1ccc([N+](=O)[O-])nc1. The number of nitrogens with zero attached hydrogens (tertiary/aromatic N) is 3. The number of amides is 1. The number of carbonyl (C=O) groups is 1. The third-order valence-corrected chi connectivity index (χ3v) is 2.09. The quantitative estimate of drug-likeness (QED) is 0.572. The van der Waals surface area contributed by atoms with Crippen LogP contribution in [0.15, 0.2) is 18.3 Å². The second-order valence-electron chi connectivity index (χ2n) is 3.39. The first kappa shape index (κ1) is 12.1. The minimum atomic E-state index is -0.593. The van der Waals surface area contributed by atoms with Gasteiger partial charge in [-0.3, -0.25) is 4.79 Å². The fourth-order valence-electron chi connectivity index (χ4n) is 1.28. The maximum atomic E-state index is 11.7. The second-order valence-corrected chi connectivity index (χ2v) is 3.39. The minimum Gasteiger partial charge on any atom is -0.358 e. The number of aromatic nitrogens is 1. The van der Waals surface area contributed by atoms with E-state index >= 15 is 0 Å². The molecule has 0 aliphatic rings. The average Bonchev–Trinajstić information content (AvgIpc) is 2.28. The zero-order chi connectivity index (χ0) is 12.1. The van der Waals surface area contributed by atoms with E-state index in [4.69, 9.17) is 0 Å². The molecule has 0 fully saturated rings. The summed E-state index contributed by atoms with van der Waals surface area (Å²) in [4.78, 5) is 26.7. The second kappa shape index (κ2) is 5.20. The topological polar surface area (TPSA) is 76.3 Å². The van der Waals surface area contributed by atoms with Gasteiger partial charge < -0.3 is 15.0 Å². The van der Waals surface area contributed by atoms with Crippen LogP contribution in [0.5, 0.6) is 0 Å². The standard InChI is InChI=1S/C10H13N3O3/c1-3-6-12(2)10(14)8-4-5-9(11-7-8)13(15)16/h4-5,7H,3,6H2,1-2H3. The van der Waals surface area contributed by atoms with Crippen LogP contribution in [-0.2, 0) is 0 Å². The molecule has 0 atom stereocenters. The Bertz CT molecular complexity index is 389. The Balaban J connectivity index is 2.81. The molecule has 1 aromatic rings. The smallest absolute Gasteiger partial charge is 0.358 e. The monoisotopic (exact) mass is 223 g/mol. The molecule has 0 radical (unpaired) electrons. The van der Waals surface area contributed by atoms with Crippen molar-refractivity contribution in [2.75, 3.05) is 13.6 Å². The van der Waals surface area contributed by atoms with E-state index in [9.17, 15) is 14.9 Å². The highest BCUT2D eigenvalue weighted by Gasteiger charge is 2.14. The third-order valence-electron chi connectivity index (χ3n) is 2.09. The van der Waals surface area contributed by atoms with Gasteiger partial charge in [0.15, 0.2) is 6.20 Å². The van der Waals surface area contributed by atoms with Crippen molar-refractivity contribution in [1.29, 1.82) is 0 Å². The van der Waals surface area contributed by atoms with Gasteiger partial charge in [-0.25, -0.2) is 0 Å². The number of nitro groups is 1. The van der Waals surface area contributed by atoms with Crippen LogP contribution < -0.4 is 0 Å². The summed E-state index contributed by atoms with van der Waals surface area (Å²) < 4.78 is 0. The third kappa shape index (κ3) is 2.75. The van der Waals surface area contributed by atoms with E-state index in [1.54, 1.807) is 11.9 Å². The van der Waals surface area contributed by atoms with E-state index in [0.717, 1.165) is 6.42 Å². The molecule has 0 aromatic carbocycles. The Morgan fingerprint density at radius 3 is 2.69 bits per heavy atom. The van der Waals surface area contributed by atoms with Crippen LogP contribution in [0.4, 0.5) is 5.82 Å². The number of hydrogen-bond donors (Lipinski definition) is 0. The predicted octanol–water partition coefficient (Wildman–Crippen LogP) is 1.47. The fourth-order valence-corrected chi connectivity index (χ4v) is 1.28. The highest BCUT2D eigenvalue weighted by Crippen LogP contribution is 2.09. The number of pyridine rings is 1. The first-order valence-electron chi connectivity index (χ1n) is 4.92. The molecule has 0 spiro atoms. The molecular formula is C10H13N3O3. The van der Waals surface area contributed by atoms with Crippen LogP contribution in [0.3, 0.4) is 0 Å². The Kier molecular flexibility index (Phi) is 3.93. The van der Waals surface area contributed by atoms with Gasteiger partial charge in [0.1, 0.15) is 0 Å². The lowest BCUT2D eigenvalue weighted by molar-refractivity contribution is -0.389. The molecule has 0 saturated heterocycles. The molecule has 16 heavy (non-hydrogen) atoms. The van der Waals surface area contributed by atoms with Crippen molar-refractivity contribution >= 4 is 11.7 Å². The lowest BCUT2D eigenvalue weighted by atomic mass is 10.2. The van der Waals surface area contributed by atoms with E-state index in [-0.39, 0.29) is 11.7 Å². The van der Waals surface area contributed by atoms with Gasteiger partial charge in [0.2, 0.25) is 0 Å². The highest BCUT2D eigenvalue weighted by molar-refractivity contribution is 5.93. The van der Waals surface area contributed by atoms with E-state index in [2.05, 4.69) is 4.98 Å². The first-order valence-corrected chi connectivity index (χ1v) is 4.92. The summed E-state index contributed by atoms with van der Waals surface area (Å²) >= 11 is 0. The molecule has 1 rings (SSSR count). The van der Waals surface area contributed by atoms with E-state index in [0.29, 0.717) is 12.1 Å². The molecule has 0 saturated carbocycles. The molecule has 0 aliphatic carbocycles. The Labute approximate surface area is 93.1 Å². The van der Waals surface area contributed by atoms with Crippen LogP contribution in [0.25, 0.3) is 0 Å². The summed E-state index contributed by atoms with van der Waals surface area (Å²) in [7, 11) is 1.69. The summed E-state index contributed by atoms with van der Waals surface area (Å²) in [6.45, 7) is 2.62. The molecule has 1 aromatic heterocycles. The summed E-state index contributed by atoms with van der Waals surface area (Å²) in [5.41, 5.74) is 0.363. The lowest BCUT2D eigenvalue weighted by Gasteiger charge is -2.14. The van der Waals surface area contributed by atoms with Gasteiger partial charge in [-0.05, 0) is 22.4 Å². The van der Waals surface area contributed by atoms with Crippen LogP contribution in [0.2, 0.25) is 0 Å². The fraction of sp³-hybridized carbons (Fsp3) is 0.400. The zero-order valence-corrected chi connectivity index (χ0v) is 9.21. The van der Waals surface area contributed by atoms with Crippen molar-refractivity contribution in [2.45, 2.75) is 13.3 Å². The van der Waals surface area contributed by atoms with E-state index in [1.807, 2.05) is 6.92 Å². The van der Waals surface area contributed by atoms with Crippen LogP contribution in [-0.4, -0.2) is 34.3 Å². The summed E-state index contributed by atoms with van der Waals surface area (Å²) in [5, 5.41) is 10.4. The number of hydrogen-bond acceptors (Lipinski definition) is 4. The van der Waals surface area contributed by atoms with Gasteiger partial charge in [-0.2, -0.15) is 0 Å². The van der Waals surface area contributed by atoms with Crippen LogP contribution >= 0.6 is 0 Å². The normalized spacial score (nSPS) is 9.88. The molecule has 6 nitrogen and oxygen atoms in total. The molecular weight excluding hydrogens is 210 g/mol. The molecule has 1 amide bonds. The average molecular weight is 223 g/mol. The highest BCUT2D eigenvalue weighted by atomic mass is 16.6. The van der Waals surface area contributed by atoms with Crippen molar-refractivity contribution in [3.8, 4) is 0 Å². The lowest BCUT2D eigenvalue weighted by Crippen LogP contribution is -2.27. The minimum absolute atomic E-state index is 0.177.